The lowest BCUT2D eigenvalue weighted by Gasteiger charge is -2.42. The number of nitrogens with zero attached hydrogens (tertiary/aromatic N) is 6. The molecule has 3 aromatic rings. The van der Waals surface area contributed by atoms with Crippen LogP contribution < -0.4 is 9.80 Å². The Hall–Kier alpha value is -3.21. The van der Waals surface area contributed by atoms with E-state index in [1.165, 1.54) is 0 Å². The standard InChI is InChI=1S/C25H28N6O/c1-19-16-31(23-8-7-20(15-26)25-22(23)5-4-10-28-25)18-21(32-19)17-29-11-13-30(14-12-29)24-6-2-3-9-27-24/h2-10,19,21H,11-14,16-18H2,1H3. The molecule has 5 rings (SSSR count). The second kappa shape index (κ2) is 9.11. The summed E-state index contributed by atoms with van der Waals surface area (Å²) in [5.74, 6) is 1.06. The van der Waals surface area contributed by atoms with Gasteiger partial charge >= 0.3 is 0 Å². The summed E-state index contributed by atoms with van der Waals surface area (Å²) in [6.45, 7) is 8.71. The van der Waals surface area contributed by atoms with Crippen molar-refractivity contribution in [2.24, 2.45) is 0 Å². The number of pyridine rings is 2. The molecule has 0 saturated carbocycles. The van der Waals surface area contributed by atoms with Gasteiger partial charge in [-0.25, -0.2) is 4.98 Å². The van der Waals surface area contributed by atoms with E-state index in [4.69, 9.17) is 4.74 Å². The molecule has 7 nitrogen and oxygen atoms in total. The summed E-state index contributed by atoms with van der Waals surface area (Å²) >= 11 is 0. The van der Waals surface area contributed by atoms with Crippen LogP contribution in [0.1, 0.15) is 12.5 Å². The van der Waals surface area contributed by atoms with Gasteiger partial charge in [-0.2, -0.15) is 5.26 Å². The molecular weight excluding hydrogens is 400 g/mol. The summed E-state index contributed by atoms with van der Waals surface area (Å²) in [4.78, 5) is 16.2. The highest BCUT2D eigenvalue weighted by molar-refractivity contribution is 5.95. The number of nitriles is 1. The van der Waals surface area contributed by atoms with Crippen LogP contribution in [-0.4, -0.2) is 72.9 Å². The zero-order chi connectivity index (χ0) is 21.9. The van der Waals surface area contributed by atoms with E-state index in [2.05, 4.69) is 55.9 Å². The van der Waals surface area contributed by atoms with Gasteiger partial charge in [0.25, 0.3) is 0 Å². The maximum absolute atomic E-state index is 9.46. The van der Waals surface area contributed by atoms with Gasteiger partial charge in [-0.15, -0.1) is 0 Å². The Morgan fingerprint density at radius 1 is 0.969 bits per heavy atom. The van der Waals surface area contributed by atoms with Gasteiger partial charge in [-0.1, -0.05) is 6.07 Å². The van der Waals surface area contributed by atoms with E-state index in [-0.39, 0.29) is 12.2 Å². The smallest absolute Gasteiger partial charge is 0.128 e. The van der Waals surface area contributed by atoms with E-state index in [0.717, 1.165) is 68.2 Å². The van der Waals surface area contributed by atoms with Gasteiger partial charge in [0.1, 0.15) is 11.9 Å². The quantitative estimate of drug-likeness (QED) is 0.633. The Balaban J connectivity index is 1.27. The Bertz CT molecular complexity index is 1110. The Morgan fingerprint density at radius 3 is 2.59 bits per heavy atom. The molecule has 164 valence electrons. The van der Waals surface area contributed by atoms with E-state index in [0.29, 0.717) is 5.56 Å². The minimum Gasteiger partial charge on any atom is -0.370 e. The van der Waals surface area contributed by atoms with Crippen LogP contribution in [0.2, 0.25) is 0 Å². The maximum atomic E-state index is 9.46. The molecular formula is C25H28N6O. The molecule has 4 heterocycles. The van der Waals surface area contributed by atoms with Crippen molar-refractivity contribution in [1.29, 1.82) is 5.26 Å². The van der Waals surface area contributed by atoms with E-state index in [1.54, 1.807) is 6.20 Å². The number of benzene rings is 1. The normalized spacial score (nSPS) is 22.1. The summed E-state index contributed by atoms with van der Waals surface area (Å²) in [5.41, 5.74) is 2.52. The lowest BCUT2D eigenvalue weighted by molar-refractivity contribution is -0.0327. The van der Waals surface area contributed by atoms with Crippen molar-refractivity contribution in [2.45, 2.75) is 19.1 Å². The molecule has 7 heteroatoms. The van der Waals surface area contributed by atoms with E-state index < -0.39 is 0 Å². The fourth-order valence-electron chi connectivity index (χ4n) is 4.85. The van der Waals surface area contributed by atoms with Gasteiger partial charge < -0.3 is 14.5 Å². The molecule has 0 amide bonds. The Morgan fingerprint density at radius 2 is 1.81 bits per heavy atom. The summed E-state index contributed by atoms with van der Waals surface area (Å²) in [6.07, 6.45) is 3.89. The zero-order valence-corrected chi connectivity index (χ0v) is 18.4. The number of hydrogen-bond acceptors (Lipinski definition) is 7. The number of morpholine rings is 1. The molecule has 2 aromatic heterocycles. The average molecular weight is 429 g/mol. The van der Waals surface area contributed by atoms with E-state index in [9.17, 15) is 5.26 Å². The van der Waals surface area contributed by atoms with E-state index >= 15 is 0 Å². The predicted octanol–water partition coefficient (Wildman–Crippen LogP) is 2.92. The second-order valence-corrected chi connectivity index (χ2v) is 8.59. The first-order chi connectivity index (χ1) is 15.7. The number of rotatable bonds is 4. The molecule has 0 bridgehead atoms. The largest absolute Gasteiger partial charge is 0.370 e. The SMILES string of the molecule is CC1CN(c2ccc(C#N)c3ncccc23)CC(CN2CCN(c3ccccn3)CC2)O1. The van der Waals surface area contributed by atoms with E-state index in [1.807, 2.05) is 30.5 Å². The van der Waals surface area contributed by atoms with Gasteiger partial charge in [-0.3, -0.25) is 9.88 Å². The van der Waals surface area contributed by atoms with Crippen LogP contribution in [0.5, 0.6) is 0 Å². The highest BCUT2D eigenvalue weighted by Crippen LogP contribution is 2.30. The van der Waals surface area contributed by atoms with Gasteiger partial charge in [0, 0.05) is 69.3 Å². The van der Waals surface area contributed by atoms with Crippen LogP contribution in [-0.2, 0) is 4.74 Å². The molecule has 2 unspecified atom stereocenters. The van der Waals surface area contributed by atoms with Crippen molar-refractivity contribution in [3.8, 4) is 6.07 Å². The van der Waals surface area contributed by atoms with Crippen LogP contribution in [0.3, 0.4) is 0 Å². The zero-order valence-electron chi connectivity index (χ0n) is 18.4. The first-order valence-corrected chi connectivity index (χ1v) is 11.3. The topological polar surface area (TPSA) is 68.5 Å². The Labute approximate surface area is 188 Å². The molecule has 1 aromatic carbocycles. The second-order valence-electron chi connectivity index (χ2n) is 8.59. The van der Waals surface area contributed by atoms with Gasteiger partial charge in [0.15, 0.2) is 0 Å². The molecule has 0 N–H and O–H groups in total. The predicted molar refractivity (Wildman–Crippen MR) is 126 cm³/mol. The third-order valence-electron chi connectivity index (χ3n) is 6.34. The highest BCUT2D eigenvalue weighted by atomic mass is 16.5. The van der Waals surface area contributed by atoms with Crippen LogP contribution in [0.4, 0.5) is 11.5 Å². The van der Waals surface area contributed by atoms with Gasteiger partial charge in [0.2, 0.25) is 0 Å². The van der Waals surface area contributed by atoms with Crippen molar-refractivity contribution in [3.63, 3.8) is 0 Å². The molecule has 2 aliphatic rings. The number of piperazine rings is 1. The maximum Gasteiger partial charge on any atom is 0.128 e. The molecule has 2 fully saturated rings. The van der Waals surface area contributed by atoms with Crippen molar-refractivity contribution >= 4 is 22.4 Å². The minimum absolute atomic E-state index is 0.141. The van der Waals surface area contributed by atoms with Gasteiger partial charge in [0.05, 0.1) is 23.3 Å². The molecule has 0 spiro atoms. The van der Waals surface area contributed by atoms with Crippen molar-refractivity contribution < 1.29 is 4.74 Å². The molecule has 2 atom stereocenters. The Kier molecular flexibility index (Phi) is 5.89. The molecule has 0 aliphatic carbocycles. The highest BCUT2D eigenvalue weighted by Gasteiger charge is 2.29. The van der Waals surface area contributed by atoms with Crippen molar-refractivity contribution in [1.82, 2.24) is 14.9 Å². The van der Waals surface area contributed by atoms with Crippen molar-refractivity contribution in [2.75, 3.05) is 55.6 Å². The molecule has 0 radical (unpaired) electrons. The third-order valence-corrected chi connectivity index (χ3v) is 6.34. The summed E-state index contributed by atoms with van der Waals surface area (Å²) in [6, 6.07) is 16.3. The first kappa shape index (κ1) is 20.7. The minimum atomic E-state index is 0.141. The number of anilines is 2. The summed E-state index contributed by atoms with van der Waals surface area (Å²) in [5, 5.41) is 10.5. The lowest BCUT2D eigenvalue weighted by atomic mass is 10.1. The third kappa shape index (κ3) is 4.24. The number of aromatic nitrogens is 2. The van der Waals surface area contributed by atoms with Crippen LogP contribution >= 0.6 is 0 Å². The monoisotopic (exact) mass is 428 g/mol. The molecule has 2 aliphatic heterocycles. The van der Waals surface area contributed by atoms with Crippen LogP contribution in [0.15, 0.2) is 54.9 Å². The fourth-order valence-corrected chi connectivity index (χ4v) is 4.85. The average Bonchev–Trinajstić information content (AvgIpc) is 2.84. The fraction of sp³-hybridized carbons (Fsp3) is 0.400. The molecule has 2 saturated heterocycles. The molecule has 32 heavy (non-hydrogen) atoms. The van der Waals surface area contributed by atoms with Crippen LogP contribution in [0.25, 0.3) is 10.9 Å². The lowest BCUT2D eigenvalue weighted by Crippen LogP contribution is -2.54. The van der Waals surface area contributed by atoms with Gasteiger partial charge in [-0.05, 0) is 43.3 Å². The number of ether oxygens (including phenoxy) is 1. The first-order valence-electron chi connectivity index (χ1n) is 11.3. The summed E-state index contributed by atoms with van der Waals surface area (Å²) < 4.78 is 6.33. The number of fused-ring (bicyclic) bond motifs is 1. The van der Waals surface area contributed by atoms with Crippen molar-refractivity contribution in [3.05, 3.63) is 60.4 Å². The summed E-state index contributed by atoms with van der Waals surface area (Å²) in [7, 11) is 0. The van der Waals surface area contributed by atoms with Crippen LogP contribution in [0, 0.1) is 11.3 Å². The number of hydrogen-bond donors (Lipinski definition) is 0.